The van der Waals surface area contributed by atoms with Crippen molar-refractivity contribution in [3.63, 3.8) is 0 Å². The van der Waals surface area contributed by atoms with Gasteiger partial charge in [0.25, 0.3) is 0 Å². The highest BCUT2D eigenvalue weighted by atomic mass is 35.5. The summed E-state index contributed by atoms with van der Waals surface area (Å²) in [5.41, 5.74) is 13.3. The maximum atomic E-state index is 14.3. The Morgan fingerprint density at radius 3 is 2.03 bits per heavy atom. The summed E-state index contributed by atoms with van der Waals surface area (Å²) in [6, 6.07) is 37.5. The van der Waals surface area contributed by atoms with Crippen molar-refractivity contribution in [2.24, 2.45) is 5.73 Å². The lowest BCUT2D eigenvalue weighted by atomic mass is 9.97. The third-order valence-electron chi connectivity index (χ3n) is 12.4. The van der Waals surface area contributed by atoms with Gasteiger partial charge in [-0.3, -0.25) is 19.3 Å². The van der Waals surface area contributed by atoms with Gasteiger partial charge in [-0.15, -0.1) is 0 Å². The van der Waals surface area contributed by atoms with Crippen LogP contribution in [0.5, 0.6) is 0 Å². The quantitative estimate of drug-likeness (QED) is 0.0461. The van der Waals surface area contributed by atoms with E-state index in [-0.39, 0.29) is 25.3 Å². The normalized spacial score (nSPS) is 14.0. The molecule has 1 saturated heterocycles. The molecule has 1 aromatic heterocycles. The van der Waals surface area contributed by atoms with Crippen LogP contribution >= 0.6 is 11.6 Å². The number of hydrogen-bond donors (Lipinski definition) is 6. The Morgan fingerprint density at radius 2 is 1.37 bits per heavy atom. The van der Waals surface area contributed by atoms with E-state index in [4.69, 9.17) is 17.3 Å². The monoisotopic (exact) mass is 923 g/mol. The summed E-state index contributed by atoms with van der Waals surface area (Å²) < 4.78 is 2.21. The number of aryl methyl sites for hydroxylation is 1. The van der Waals surface area contributed by atoms with E-state index in [0.29, 0.717) is 31.6 Å². The van der Waals surface area contributed by atoms with Gasteiger partial charge in [0.1, 0.15) is 12.1 Å². The van der Waals surface area contributed by atoms with Crippen LogP contribution in [0.25, 0.3) is 10.9 Å². The van der Waals surface area contributed by atoms with Crippen LogP contribution in [0.4, 0.5) is 10.5 Å². The number of rotatable bonds is 20. The molecule has 0 radical (unpaired) electrons. The molecule has 1 aliphatic rings. The minimum atomic E-state index is -0.992. The standard InChI is InChI=1S/C53H62ClN9O4/c1-37-15-14-22-45(54)44(37)36-63-35-41(34-62-29-27-61(2)28-30-62)43-32-42(24-25-48(43)63)57-53(67)56-33-49(64)58-46(23-12-13-26-55)51(65)59-47(31-38-16-6-3-7-17-38)52(66)60-50(39-18-8-4-9-19-39)40-20-10-5-11-21-40/h3-11,14-22,24-25,32,35,46-47,50H,12-13,23,26-31,33-34,36,55H2,1-2H3,(H,58,64)(H,59,65)(H,60,66)(H2,56,57,67)/t46-,47-/m0/s1. The molecule has 350 valence electrons. The minimum Gasteiger partial charge on any atom is -0.343 e. The van der Waals surface area contributed by atoms with Crippen LogP contribution in [0.1, 0.15) is 58.7 Å². The first-order valence-electron chi connectivity index (χ1n) is 23.1. The summed E-state index contributed by atoms with van der Waals surface area (Å²) in [5, 5.41) is 16.3. The molecule has 14 heteroatoms. The number of anilines is 1. The Morgan fingerprint density at radius 1 is 0.716 bits per heavy atom. The highest BCUT2D eigenvalue weighted by molar-refractivity contribution is 6.31. The maximum absolute atomic E-state index is 14.3. The first kappa shape index (κ1) is 48.4. The number of unbranched alkanes of at least 4 members (excludes halogenated alkanes) is 1. The molecule has 0 spiro atoms. The Labute approximate surface area is 398 Å². The molecule has 6 aromatic rings. The van der Waals surface area contributed by atoms with Gasteiger partial charge in [-0.1, -0.05) is 115 Å². The minimum absolute atomic E-state index is 0.217. The largest absolute Gasteiger partial charge is 0.343 e. The first-order valence-corrected chi connectivity index (χ1v) is 23.5. The number of nitrogens with two attached hydrogens (primary N) is 1. The average molecular weight is 925 g/mol. The van der Waals surface area contributed by atoms with Crippen molar-refractivity contribution >= 4 is 51.9 Å². The Kier molecular flexibility index (Phi) is 17.2. The number of halogens is 1. The van der Waals surface area contributed by atoms with Gasteiger partial charge in [-0.2, -0.15) is 0 Å². The molecule has 13 nitrogen and oxygen atoms in total. The summed E-state index contributed by atoms with van der Waals surface area (Å²) >= 11 is 6.67. The maximum Gasteiger partial charge on any atom is 0.319 e. The topological polar surface area (TPSA) is 166 Å². The van der Waals surface area contributed by atoms with Crippen molar-refractivity contribution in [2.75, 3.05) is 51.6 Å². The van der Waals surface area contributed by atoms with Crippen LogP contribution in [0.2, 0.25) is 5.02 Å². The van der Waals surface area contributed by atoms with E-state index in [1.165, 1.54) is 0 Å². The van der Waals surface area contributed by atoms with E-state index in [2.05, 4.69) is 67.2 Å². The second-order valence-corrected chi connectivity index (χ2v) is 17.8. The summed E-state index contributed by atoms with van der Waals surface area (Å²) in [6.45, 7) is 7.35. The van der Waals surface area contributed by atoms with Crippen molar-refractivity contribution < 1.29 is 19.2 Å². The molecule has 5 aromatic carbocycles. The van der Waals surface area contributed by atoms with Gasteiger partial charge in [-0.05, 0) is 97.4 Å². The number of nitrogens with one attached hydrogen (secondary N) is 5. The predicted octanol–water partition coefficient (Wildman–Crippen LogP) is 6.77. The van der Waals surface area contributed by atoms with Gasteiger partial charge in [0, 0.05) is 73.5 Å². The molecule has 67 heavy (non-hydrogen) atoms. The lowest BCUT2D eigenvalue weighted by Crippen LogP contribution is -2.55. The molecule has 2 atom stereocenters. The lowest BCUT2D eigenvalue weighted by molar-refractivity contribution is -0.132. The molecule has 0 saturated carbocycles. The molecular formula is C53H62ClN9O4. The number of amides is 5. The number of nitrogens with zero attached hydrogens (tertiary/aromatic N) is 3. The van der Waals surface area contributed by atoms with Gasteiger partial charge in [0.15, 0.2) is 0 Å². The van der Waals surface area contributed by atoms with E-state index < -0.39 is 36.0 Å². The van der Waals surface area contributed by atoms with E-state index in [1.807, 2.05) is 121 Å². The Bertz CT molecular complexity index is 2520. The fraction of sp³-hybridized carbons (Fsp3) is 0.321. The van der Waals surface area contributed by atoms with E-state index in [9.17, 15) is 19.2 Å². The summed E-state index contributed by atoms with van der Waals surface area (Å²) in [7, 11) is 2.14. The SMILES string of the molecule is Cc1cccc(Cl)c1Cn1cc(CN2CCN(C)CC2)c2cc(NC(=O)NCC(=O)N[C@@H](CCCCN)C(=O)N[C@@H](Cc3ccccc3)C(=O)NC(c3ccccc3)c3ccccc3)ccc21. The zero-order valence-electron chi connectivity index (χ0n) is 38.3. The fourth-order valence-electron chi connectivity index (χ4n) is 8.56. The molecule has 5 amide bonds. The number of benzene rings is 5. The number of fused-ring (bicyclic) bond motifs is 1. The van der Waals surface area contributed by atoms with Crippen molar-refractivity contribution in [3.8, 4) is 0 Å². The molecule has 7 rings (SSSR count). The van der Waals surface area contributed by atoms with Gasteiger partial charge in [-0.25, -0.2) is 4.79 Å². The molecular weight excluding hydrogens is 862 g/mol. The summed E-state index contributed by atoms with van der Waals surface area (Å²) in [5.74, 6) is -1.45. The summed E-state index contributed by atoms with van der Waals surface area (Å²) in [4.78, 5) is 60.0. The smallest absolute Gasteiger partial charge is 0.319 e. The number of carbonyl (C=O) groups is 4. The van der Waals surface area contributed by atoms with Crippen LogP contribution in [0.3, 0.4) is 0 Å². The Balaban J connectivity index is 1.02. The number of carbonyl (C=O) groups excluding carboxylic acids is 4. The molecule has 2 heterocycles. The van der Waals surface area contributed by atoms with Crippen molar-refractivity contribution in [1.82, 2.24) is 35.6 Å². The molecule has 1 aliphatic heterocycles. The first-order chi connectivity index (χ1) is 32.5. The van der Waals surface area contributed by atoms with Crippen LogP contribution in [-0.2, 0) is 33.9 Å². The van der Waals surface area contributed by atoms with Gasteiger partial charge < -0.3 is 41.8 Å². The van der Waals surface area contributed by atoms with E-state index in [0.717, 1.165) is 82.0 Å². The van der Waals surface area contributed by atoms with Crippen LogP contribution < -0.4 is 32.3 Å². The molecule has 7 N–H and O–H groups in total. The van der Waals surface area contributed by atoms with Crippen LogP contribution in [0.15, 0.2) is 134 Å². The highest BCUT2D eigenvalue weighted by Crippen LogP contribution is 2.30. The molecule has 0 bridgehead atoms. The zero-order valence-corrected chi connectivity index (χ0v) is 39.1. The second kappa shape index (κ2) is 23.8. The van der Waals surface area contributed by atoms with Crippen molar-refractivity contribution in [1.29, 1.82) is 0 Å². The highest BCUT2D eigenvalue weighted by Gasteiger charge is 2.29. The van der Waals surface area contributed by atoms with Crippen LogP contribution in [0, 0.1) is 6.92 Å². The fourth-order valence-corrected chi connectivity index (χ4v) is 8.84. The molecule has 1 fully saturated rings. The number of hydrogen-bond acceptors (Lipinski definition) is 7. The van der Waals surface area contributed by atoms with Gasteiger partial charge in [0.05, 0.1) is 12.6 Å². The number of aromatic nitrogens is 1. The number of piperazine rings is 1. The zero-order chi connectivity index (χ0) is 47.1. The van der Waals surface area contributed by atoms with Crippen LogP contribution in [-0.4, -0.2) is 96.5 Å². The van der Waals surface area contributed by atoms with Gasteiger partial charge in [0.2, 0.25) is 17.7 Å². The van der Waals surface area contributed by atoms with Crippen molar-refractivity contribution in [3.05, 3.63) is 172 Å². The average Bonchev–Trinajstić information content (AvgIpc) is 3.67. The number of likely N-dealkylation sites (N-methyl/N-ethyl adjacent to an activating group) is 1. The van der Waals surface area contributed by atoms with E-state index in [1.54, 1.807) is 0 Å². The second-order valence-electron chi connectivity index (χ2n) is 17.4. The third-order valence-corrected chi connectivity index (χ3v) is 12.7. The predicted molar refractivity (Wildman–Crippen MR) is 267 cm³/mol. The molecule has 0 aliphatic carbocycles. The third kappa shape index (κ3) is 13.5. The van der Waals surface area contributed by atoms with E-state index >= 15 is 0 Å². The summed E-state index contributed by atoms with van der Waals surface area (Å²) in [6.07, 6.45) is 3.87. The lowest BCUT2D eigenvalue weighted by Gasteiger charge is -2.32. The Hall–Kier alpha value is -6.51. The number of urea groups is 1. The van der Waals surface area contributed by atoms with Gasteiger partial charge >= 0.3 is 6.03 Å². The molecule has 0 unspecified atom stereocenters. The van der Waals surface area contributed by atoms with Crippen molar-refractivity contribution in [2.45, 2.75) is 63.8 Å².